The van der Waals surface area contributed by atoms with Crippen molar-refractivity contribution in [3.8, 4) is 0 Å². The van der Waals surface area contributed by atoms with Crippen LogP contribution in [0.25, 0.3) is 0 Å². The van der Waals surface area contributed by atoms with Crippen LogP contribution in [-0.2, 0) is 4.74 Å². The number of hydrogen-bond acceptors (Lipinski definition) is 2. The molecule has 0 spiro atoms. The summed E-state index contributed by atoms with van der Waals surface area (Å²) < 4.78 is 5.04. The maximum atomic E-state index is 11.7. The van der Waals surface area contributed by atoms with Gasteiger partial charge in [-0.1, -0.05) is 44.7 Å². The van der Waals surface area contributed by atoms with Crippen LogP contribution in [0.5, 0.6) is 0 Å². The molecule has 1 aromatic rings. The van der Waals surface area contributed by atoms with Crippen LogP contribution in [0.1, 0.15) is 87.1 Å². The van der Waals surface area contributed by atoms with E-state index < -0.39 is 0 Å². The van der Waals surface area contributed by atoms with Crippen molar-refractivity contribution < 1.29 is 9.53 Å². The lowest BCUT2D eigenvalue weighted by Gasteiger charge is -2.29. The van der Waals surface area contributed by atoms with Gasteiger partial charge >= 0.3 is 5.97 Å². The van der Waals surface area contributed by atoms with Gasteiger partial charge in [-0.15, -0.1) is 0 Å². The van der Waals surface area contributed by atoms with Crippen LogP contribution >= 0.6 is 0 Å². The van der Waals surface area contributed by atoms with Crippen molar-refractivity contribution in [2.45, 2.75) is 71.1 Å². The fraction of sp³-hybridized carbons (Fsp3) is 0.650. The molecule has 1 fully saturated rings. The molecule has 0 N–H and O–H groups in total. The highest BCUT2D eigenvalue weighted by Crippen LogP contribution is 2.37. The maximum Gasteiger partial charge on any atom is 0.338 e. The number of unbranched alkanes of at least 4 members (excludes halogenated alkanes) is 2. The quantitative estimate of drug-likeness (QED) is 0.476. The Kier molecular flexibility index (Phi) is 6.95. The van der Waals surface area contributed by atoms with Crippen LogP contribution in [0, 0.1) is 5.92 Å². The second-order valence-corrected chi connectivity index (χ2v) is 6.56. The molecule has 1 saturated carbocycles. The van der Waals surface area contributed by atoms with E-state index in [-0.39, 0.29) is 5.97 Å². The Bertz CT molecular complexity index is 441. The van der Waals surface area contributed by atoms with Gasteiger partial charge in [0.1, 0.15) is 0 Å². The molecule has 0 radical (unpaired) electrons. The molecule has 1 aliphatic carbocycles. The van der Waals surface area contributed by atoms with E-state index in [1.165, 1.54) is 56.9 Å². The molecule has 0 amide bonds. The zero-order chi connectivity index (χ0) is 15.8. The minimum absolute atomic E-state index is 0.214. The number of hydrogen-bond donors (Lipinski definition) is 0. The van der Waals surface area contributed by atoms with Crippen molar-refractivity contribution >= 4 is 5.97 Å². The van der Waals surface area contributed by atoms with E-state index in [0.29, 0.717) is 18.1 Å². The predicted octanol–water partition coefficient (Wildman–Crippen LogP) is 5.72. The highest BCUT2D eigenvalue weighted by molar-refractivity contribution is 5.89. The summed E-state index contributed by atoms with van der Waals surface area (Å²) in [6, 6.07) is 8.07. The number of benzene rings is 1. The third-order valence-corrected chi connectivity index (χ3v) is 4.96. The van der Waals surface area contributed by atoms with Crippen LogP contribution in [-0.4, -0.2) is 12.6 Å². The van der Waals surface area contributed by atoms with Gasteiger partial charge in [0.2, 0.25) is 0 Å². The van der Waals surface area contributed by atoms with E-state index >= 15 is 0 Å². The molecular formula is C20H30O2. The average molecular weight is 302 g/mol. The molecule has 122 valence electrons. The molecule has 0 unspecified atom stereocenters. The van der Waals surface area contributed by atoms with Gasteiger partial charge in [0, 0.05) is 0 Å². The molecule has 0 aromatic heterocycles. The van der Waals surface area contributed by atoms with Gasteiger partial charge < -0.3 is 4.74 Å². The van der Waals surface area contributed by atoms with E-state index in [4.69, 9.17) is 4.74 Å². The molecule has 0 saturated heterocycles. The van der Waals surface area contributed by atoms with Gasteiger partial charge in [0.05, 0.1) is 12.2 Å². The Morgan fingerprint density at radius 3 is 2.32 bits per heavy atom. The number of rotatable bonds is 7. The number of carbonyl (C=O) groups is 1. The second-order valence-electron chi connectivity index (χ2n) is 6.56. The van der Waals surface area contributed by atoms with Gasteiger partial charge in [-0.25, -0.2) is 4.79 Å². The van der Waals surface area contributed by atoms with Gasteiger partial charge in [-0.2, -0.15) is 0 Å². The van der Waals surface area contributed by atoms with Crippen molar-refractivity contribution in [2.24, 2.45) is 5.92 Å². The SMILES string of the molecule is CCCCCC1CCC(c2ccc(C(=O)OCC)cc2)CC1. The molecule has 22 heavy (non-hydrogen) atoms. The minimum atomic E-state index is -0.214. The first-order valence-electron chi connectivity index (χ1n) is 9.01. The summed E-state index contributed by atoms with van der Waals surface area (Å²) in [5.41, 5.74) is 2.05. The lowest BCUT2D eigenvalue weighted by molar-refractivity contribution is 0.0526. The molecule has 0 bridgehead atoms. The second kappa shape index (κ2) is 8.97. The smallest absolute Gasteiger partial charge is 0.338 e. The standard InChI is InChI=1S/C20H30O2/c1-3-5-6-7-16-8-10-17(11-9-16)18-12-14-19(15-13-18)20(21)22-4-2/h12-17H,3-11H2,1-2H3. The van der Waals surface area contributed by atoms with Crippen LogP contribution in [0.4, 0.5) is 0 Å². The Labute approximate surface area is 135 Å². The lowest BCUT2D eigenvalue weighted by Crippen LogP contribution is -2.13. The third-order valence-electron chi connectivity index (χ3n) is 4.96. The Hall–Kier alpha value is -1.31. The van der Waals surface area contributed by atoms with Crippen LogP contribution < -0.4 is 0 Å². The monoisotopic (exact) mass is 302 g/mol. The fourth-order valence-corrected chi connectivity index (χ4v) is 3.57. The van der Waals surface area contributed by atoms with E-state index in [9.17, 15) is 4.79 Å². The first-order chi connectivity index (χ1) is 10.7. The largest absolute Gasteiger partial charge is 0.462 e. The lowest BCUT2D eigenvalue weighted by atomic mass is 9.77. The predicted molar refractivity (Wildman–Crippen MR) is 91.2 cm³/mol. The molecule has 0 heterocycles. The fourth-order valence-electron chi connectivity index (χ4n) is 3.57. The summed E-state index contributed by atoms with van der Waals surface area (Å²) in [7, 11) is 0. The Balaban J connectivity index is 1.82. The van der Waals surface area contributed by atoms with Gasteiger partial charge in [0.15, 0.2) is 0 Å². The Morgan fingerprint density at radius 1 is 1.05 bits per heavy atom. The van der Waals surface area contributed by atoms with Crippen molar-refractivity contribution in [2.75, 3.05) is 6.61 Å². The first-order valence-corrected chi connectivity index (χ1v) is 9.01. The molecular weight excluding hydrogens is 272 g/mol. The molecule has 0 atom stereocenters. The van der Waals surface area contributed by atoms with E-state index in [1.807, 2.05) is 19.1 Å². The van der Waals surface area contributed by atoms with Crippen molar-refractivity contribution in [1.82, 2.24) is 0 Å². The van der Waals surface area contributed by atoms with E-state index in [0.717, 1.165) is 5.92 Å². The van der Waals surface area contributed by atoms with Crippen LogP contribution in [0.3, 0.4) is 0 Å². The number of ether oxygens (including phenoxy) is 1. The topological polar surface area (TPSA) is 26.3 Å². The first kappa shape index (κ1) is 17.1. The molecule has 1 aliphatic rings. The Morgan fingerprint density at radius 2 is 1.73 bits per heavy atom. The molecule has 2 rings (SSSR count). The highest BCUT2D eigenvalue weighted by Gasteiger charge is 2.22. The summed E-state index contributed by atoms with van der Waals surface area (Å²) in [6.45, 7) is 4.55. The highest BCUT2D eigenvalue weighted by atomic mass is 16.5. The normalized spacial score (nSPS) is 21.5. The maximum absolute atomic E-state index is 11.7. The van der Waals surface area contributed by atoms with E-state index in [2.05, 4.69) is 19.1 Å². The molecule has 1 aromatic carbocycles. The van der Waals surface area contributed by atoms with Crippen molar-refractivity contribution in [1.29, 1.82) is 0 Å². The third kappa shape index (κ3) is 4.86. The summed E-state index contributed by atoms with van der Waals surface area (Å²) in [4.78, 5) is 11.7. The molecule has 2 heteroatoms. The minimum Gasteiger partial charge on any atom is -0.462 e. The summed E-state index contributed by atoms with van der Waals surface area (Å²) in [5.74, 6) is 1.41. The van der Waals surface area contributed by atoms with Crippen molar-refractivity contribution in [3.63, 3.8) is 0 Å². The molecule has 0 aliphatic heterocycles. The van der Waals surface area contributed by atoms with Gasteiger partial charge in [-0.05, 0) is 62.1 Å². The summed E-state index contributed by atoms with van der Waals surface area (Å²) in [6.07, 6.45) is 10.9. The average Bonchev–Trinajstić information content (AvgIpc) is 2.56. The van der Waals surface area contributed by atoms with Gasteiger partial charge in [-0.3, -0.25) is 0 Å². The summed E-state index contributed by atoms with van der Waals surface area (Å²) >= 11 is 0. The number of esters is 1. The van der Waals surface area contributed by atoms with Crippen molar-refractivity contribution in [3.05, 3.63) is 35.4 Å². The van der Waals surface area contributed by atoms with Gasteiger partial charge in [0.25, 0.3) is 0 Å². The summed E-state index contributed by atoms with van der Waals surface area (Å²) in [5, 5.41) is 0. The zero-order valence-corrected chi connectivity index (χ0v) is 14.1. The van der Waals surface area contributed by atoms with Crippen LogP contribution in [0.2, 0.25) is 0 Å². The van der Waals surface area contributed by atoms with E-state index in [1.54, 1.807) is 0 Å². The number of carbonyl (C=O) groups excluding carboxylic acids is 1. The zero-order valence-electron chi connectivity index (χ0n) is 14.1. The molecule has 2 nitrogen and oxygen atoms in total. The van der Waals surface area contributed by atoms with Crippen LogP contribution in [0.15, 0.2) is 24.3 Å².